The fraction of sp³-hybridized carbons (Fsp3) is 0. The summed E-state index contributed by atoms with van der Waals surface area (Å²) in [5.41, 5.74) is 15.4. The zero-order valence-electron chi connectivity index (χ0n) is 31.5. The second-order valence-electron chi connectivity index (χ2n) is 14.5. The molecule has 1 heteroatoms. The molecule has 0 fully saturated rings. The molecule has 0 heterocycles. The van der Waals surface area contributed by atoms with Crippen LogP contribution in [0.25, 0.3) is 77.2 Å². The van der Waals surface area contributed by atoms with Crippen molar-refractivity contribution < 1.29 is 0 Å². The molecule has 0 atom stereocenters. The van der Waals surface area contributed by atoms with E-state index in [9.17, 15) is 0 Å². The summed E-state index contributed by atoms with van der Waals surface area (Å²) in [4.78, 5) is 2.36. The fourth-order valence-electron chi connectivity index (χ4n) is 8.29. The van der Waals surface area contributed by atoms with Crippen LogP contribution in [0.3, 0.4) is 0 Å². The van der Waals surface area contributed by atoms with Crippen molar-refractivity contribution in [3.8, 4) is 55.6 Å². The van der Waals surface area contributed by atoms with Gasteiger partial charge in [-0.2, -0.15) is 0 Å². The summed E-state index contributed by atoms with van der Waals surface area (Å²) >= 11 is 0. The van der Waals surface area contributed by atoms with Crippen molar-refractivity contribution in [2.75, 3.05) is 4.90 Å². The zero-order valence-corrected chi connectivity index (χ0v) is 31.5. The molecule has 0 aliphatic heterocycles. The molecule has 0 radical (unpaired) electrons. The van der Waals surface area contributed by atoms with Crippen LogP contribution in [0, 0.1) is 0 Å². The first-order chi connectivity index (χ1) is 28.3. The van der Waals surface area contributed by atoms with Gasteiger partial charge in [-0.15, -0.1) is 0 Å². The van der Waals surface area contributed by atoms with Gasteiger partial charge in [0.25, 0.3) is 0 Å². The molecule has 268 valence electrons. The largest absolute Gasteiger partial charge is 0.311 e. The molecule has 0 bridgehead atoms. The summed E-state index contributed by atoms with van der Waals surface area (Å²) < 4.78 is 0. The van der Waals surface area contributed by atoms with Crippen molar-refractivity contribution in [2.24, 2.45) is 0 Å². The van der Waals surface area contributed by atoms with Gasteiger partial charge < -0.3 is 4.90 Å². The molecular weight excluding hydrogens is 687 g/mol. The Morgan fingerprint density at radius 2 is 0.404 bits per heavy atom. The Morgan fingerprint density at radius 1 is 0.175 bits per heavy atom. The van der Waals surface area contributed by atoms with E-state index in [2.05, 4.69) is 241 Å². The van der Waals surface area contributed by atoms with Crippen LogP contribution in [0.1, 0.15) is 0 Å². The predicted octanol–water partition coefficient (Wildman–Crippen LogP) is 15.8. The maximum Gasteiger partial charge on any atom is 0.0462 e. The minimum absolute atomic E-state index is 1.09. The quantitative estimate of drug-likeness (QED) is 0.141. The Morgan fingerprint density at radius 3 is 0.754 bits per heavy atom. The molecule has 0 amide bonds. The van der Waals surface area contributed by atoms with Crippen LogP contribution in [0.2, 0.25) is 0 Å². The smallest absolute Gasteiger partial charge is 0.0462 e. The van der Waals surface area contributed by atoms with Crippen molar-refractivity contribution in [3.05, 3.63) is 237 Å². The van der Waals surface area contributed by atoms with Crippen LogP contribution in [0.4, 0.5) is 17.1 Å². The van der Waals surface area contributed by atoms with Gasteiger partial charge in [0.15, 0.2) is 0 Å². The van der Waals surface area contributed by atoms with Gasteiger partial charge in [0.05, 0.1) is 0 Å². The van der Waals surface area contributed by atoms with Crippen molar-refractivity contribution in [3.63, 3.8) is 0 Å². The Balaban J connectivity index is 1.07. The highest BCUT2D eigenvalue weighted by atomic mass is 15.1. The lowest BCUT2D eigenvalue weighted by Gasteiger charge is -2.26. The fourth-order valence-corrected chi connectivity index (χ4v) is 8.29. The Kier molecular flexibility index (Phi) is 8.95. The summed E-state index contributed by atoms with van der Waals surface area (Å²) in [6.45, 7) is 0. The van der Waals surface area contributed by atoms with E-state index in [0.29, 0.717) is 0 Å². The predicted molar refractivity (Wildman–Crippen MR) is 243 cm³/mol. The number of nitrogens with zero attached hydrogens (tertiary/aromatic N) is 1. The lowest BCUT2D eigenvalue weighted by atomic mass is 9.85. The second-order valence-corrected chi connectivity index (χ2v) is 14.5. The van der Waals surface area contributed by atoms with Crippen LogP contribution in [0.15, 0.2) is 237 Å². The van der Waals surface area contributed by atoms with Crippen molar-refractivity contribution in [2.45, 2.75) is 0 Å². The third-order valence-corrected chi connectivity index (χ3v) is 11.1. The van der Waals surface area contributed by atoms with E-state index >= 15 is 0 Å². The van der Waals surface area contributed by atoms with Crippen molar-refractivity contribution in [1.82, 2.24) is 0 Å². The van der Waals surface area contributed by atoms with E-state index < -0.39 is 0 Å². The SMILES string of the molecule is c1ccc(-c2ccc(-c3ccc(N(c4ccc(-c5ccccc5)cc4)c4ccc(-c5c(-c6ccccc6)c6ccccc6c6ccccc56)cc4)cc3)cc2)cc1. The van der Waals surface area contributed by atoms with Crippen LogP contribution < -0.4 is 4.90 Å². The third kappa shape index (κ3) is 6.56. The van der Waals surface area contributed by atoms with E-state index in [1.54, 1.807) is 0 Å². The van der Waals surface area contributed by atoms with Gasteiger partial charge in [-0.05, 0) is 114 Å². The topological polar surface area (TPSA) is 3.24 Å². The molecular formula is C56H39N. The molecule has 10 aromatic rings. The third-order valence-electron chi connectivity index (χ3n) is 11.1. The highest BCUT2D eigenvalue weighted by molar-refractivity contribution is 6.21. The summed E-state index contributed by atoms with van der Waals surface area (Å²) in [6.07, 6.45) is 0. The Hall–Kier alpha value is -7.48. The molecule has 0 spiro atoms. The lowest BCUT2D eigenvalue weighted by molar-refractivity contribution is 1.28. The first-order valence-corrected chi connectivity index (χ1v) is 19.6. The van der Waals surface area contributed by atoms with Crippen molar-refractivity contribution >= 4 is 38.6 Å². The van der Waals surface area contributed by atoms with E-state index in [0.717, 1.165) is 17.1 Å². The Labute approximate surface area is 334 Å². The molecule has 10 aromatic carbocycles. The van der Waals surface area contributed by atoms with Crippen molar-refractivity contribution in [1.29, 1.82) is 0 Å². The van der Waals surface area contributed by atoms with Gasteiger partial charge in [-0.1, -0.05) is 200 Å². The number of hydrogen-bond donors (Lipinski definition) is 0. The minimum atomic E-state index is 1.09. The summed E-state index contributed by atoms with van der Waals surface area (Å²) in [7, 11) is 0. The molecule has 0 saturated heterocycles. The number of fused-ring (bicyclic) bond motifs is 3. The zero-order chi connectivity index (χ0) is 38.0. The molecule has 0 unspecified atom stereocenters. The average Bonchev–Trinajstić information content (AvgIpc) is 3.30. The molecule has 0 saturated carbocycles. The van der Waals surface area contributed by atoms with E-state index in [4.69, 9.17) is 0 Å². The molecule has 1 nitrogen and oxygen atoms in total. The molecule has 0 aliphatic carbocycles. The van der Waals surface area contributed by atoms with E-state index in [-0.39, 0.29) is 0 Å². The molecule has 0 aromatic heterocycles. The number of anilines is 3. The molecule has 10 rings (SSSR count). The summed E-state index contributed by atoms with van der Waals surface area (Å²) in [6, 6.07) is 85.5. The van der Waals surface area contributed by atoms with Gasteiger partial charge in [-0.25, -0.2) is 0 Å². The summed E-state index contributed by atoms with van der Waals surface area (Å²) in [5, 5.41) is 5.05. The van der Waals surface area contributed by atoms with Crippen LogP contribution in [-0.4, -0.2) is 0 Å². The van der Waals surface area contributed by atoms with Gasteiger partial charge in [0.1, 0.15) is 0 Å². The minimum Gasteiger partial charge on any atom is -0.311 e. The van der Waals surface area contributed by atoms with Crippen LogP contribution >= 0.6 is 0 Å². The van der Waals surface area contributed by atoms with E-state index in [1.807, 2.05) is 0 Å². The first kappa shape index (κ1) is 34.0. The van der Waals surface area contributed by atoms with Crippen LogP contribution in [-0.2, 0) is 0 Å². The van der Waals surface area contributed by atoms with Gasteiger partial charge in [0.2, 0.25) is 0 Å². The number of rotatable bonds is 8. The Bertz CT molecular complexity index is 2930. The molecule has 0 N–H and O–H groups in total. The first-order valence-electron chi connectivity index (χ1n) is 19.6. The van der Waals surface area contributed by atoms with Gasteiger partial charge in [0, 0.05) is 17.1 Å². The molecule has 57 heavy (non-hydrogen) atoms. The van der Waals surface area contributed by atoms with Gasteiger partial charge in [-0.3, -0.25) is 0 Å². The lowest BCUT2D eigenvalue weighted by Crippen LogP contribution is -2.09. The second kappa shape index (κ2) is 15.0. The normalized spacial score (nSPS) is 11.2. The van der Waals surface area contributed by atoms with Crippen LogP contribution in [0.5, 0.6) is 0 Å². The number of benzene rings is 10. The highest BCUT2D eigenvalue weighted by Crippen LogP contribution is 2.45. The monoisotopic (exact) mass is 725 g/mol. The number of hydrogen-bond acceptors (Lipinski definition) is 1. The van der Waals surface area contributed by atoms with Gasteiger partial charge >= 0.3 is 0 Å². The maximum atomic E-state index is 2.36. The standard InChI is InChI=1S/C56H39N/c1-4-14-40(15-5-1)42-24-26-43(27-25-42)45-30-36-49(37-31-45)57(48-34-28-44(29-35-48)41-16-6-2-7-17-41)50-38-32-47(33-39-50)56-54-23-13-11-21-52(54)51-20-10-12-22-53(51)55(56)46-18-8-3-9-19-46/h1-39H. The average molecular weight is 726 g/mol. The van der Waals surface area contributed by atoms with E-state index in [1.165, 1.54) is 77.2 Å². The summed E-state index contributed by atoms with van der Waals surface area (Å²) in [5.74, 6) is 0. The molecule has 0 aliphatic rings. The maximum absolute atomic E-state index is 2.36. The highest BCUT2D eigenvalue weighted by Gasteiger charge is 2.19.